The highest BCUT2D eigenvalue weighted by Gasteiger charge is 2.21. The van der Waals surface area contributed by atoms with Crippen molar-refractivity contribution in [1.82, 2.24) is 14.8 Å². The molecule has 0 aliphatic carbocycles. The first kappa shape index (κ1) is 12.8. The Morgan fingerprint density at radius 2 is 2.06 bits per heavy atom. The summed E-state index contributed by atoms with van der Waals surface area (Å²) >= 11 is 12.9. The molecule has 2 aromatic heterocycles. The fourth-order valence-electron chi connectivity index (χ4n) is 1.29. The van der Waals surface area contributed by atoms with Crippen molar-refractivity contribution >= 4 is 44.6 Å². The zero-order valence-corrected chi connectivity index (χ0v) is 11.5. The number of nitrogens with zero attached hydrogens (tertiary/aromatic N) is 3. The summed E-state index contributed by atoms with van der Waals surface area (Å²) in [5, 5.41) is 11.9. The van der Waals surface area contributed by atoms with E-state index in [1.165, 1.54) is 11.6 Å². The van der Waals surface area contributed by atoms with Crippen molar-refractivity contribution in [2.45, 2.75) is 5.16 Å². The normalized spacial score (nSPS) is 12.0. The molecule has 92 valence electrons. The van der Waals surface area contributed by atoms with Crippen molar-refractivity contribution in [1.29, 1.82) is 0 Å². The number of primary sulfonamides is 1. The van der Waals surface area contributed by atoms with E-state index >= 15 is 0 Å². The Balaban J connectivity index is 2.63. The molecule has 10 heteroatoms. The van der Waals surface area contributed by atoms with Crippen molar-refractivity contribution in [3.63, 3.8) is 0 Å². The quantitative estimate of drug-likeness (QED) is 0.909. The Morgan fingerprint density at radius 3 is 2.47 bits per heavy atom. The molecule has 0 spiro atoms. The van der Waals surface area contributed by atoms with E-state index in [4.69, 9.17) is 28.3 Å². The number of hydrogen-bond acceptors (Lipinski definition) is 5. The van der Waals surface area contributed by atoms with E-state index in [1.54, 1.807) is 6.07 Å². The zero-order valence-electron chi connectivity index (χ0n) is 8.39. The van der Waals surface area contributed by atoms with Crippen LogP contribution < -0.4 is 5.14 Å². The van der Waals surface area contributed by atoms with Crippen molar-refractivity contribution in [3.8, 4) is 11.4 Å². The highest BCUT2D eigenvalue weighted by Crippen LogP contribution is 2.37. The summed E-state index contributed by atoms with van der Waals surface area (Å²) in [5.41, 5.74) is 0.520. The molecule has 2 N–H and O–H groups in total. The standard InChI is InChI=1S/C7H6Cl2N4O2S2/c1-13-6(3-2-4(8)16-5(3)9)11-12-7(13)17(10,14)15/h2H,1H3,(H2,10,14,15). The lowest BCUT2D eigenvalue weighted by molar-refractivity contribution is 0.580. The largest absolute Gasteiger partial charge is 0.300 e. The van der Waals surface area contributed by atoms with Crippen LogP contribution in [-0.4, -0.2) is 23.2 Å². The predicted molar refractivity (Wildman–Crippen MR) is 65.7 cm³/mol. The lowest BCUT2D eigenvalue weighted by Crippen LogP contribution is -2.17. The molecule has 0 aromatic carbocycles. The van der Waals surface area contributed by atoms with Crippen molar-refractivity contribution in [2.75, 3.05) is 0 Å². The van der Waals surface area contributed by atoms with Crippen molar-refractivity contribution in [2.24, 2.45) is 12.2 Å². The Morgan fingerprint density at radius 1 is 1.41 bits per heavy atom. The van der Waals surface area contributed by atoms with E-state index in [0.717, 1.165) is 11.3 Å². The molecule has 0 aliphatic rings. The maximum atomic E-state index is 11.2. The van der Waals surface area contributed by atoms with Gasteiger partial charge in [-0.05, 0) is 6.07 Å². The van der Waals surface area contributed by atoms with Gasteiger partial charge in [-0.3, -0.25) is 4.57 Å². The number of thiophene rings is 1. The van der Waals surface area contributed by atoms with Crippen LogP contribution in [-0.2, 0) is 17.1 Å². The van der Waals surface area contributed by atoms with Gasteiger partial charge in [0.05, 0.1) is 9.90 Å². The number of nitrogens with two attached hydrogens (primary N) is 1. The van der Waals surface area contributed by atoms with Crippen molar-refractivity contribution in [3.05, 3.63) is 14.7 Å². The molecule has 0 amide bonds. The van der Waals surface area contributed by atoms with Gasteiger partial charge in [-0.15, -0.1) is 21.5 Å². The maximum absolute atomic E-state index is 11.2. The fraction of sp³-hybridized carbons (Fsp3) is 0.143. The molecule has 6 nitrogen and oxygen atoms in total. The van der Waals surface area contributed by atoms with E-state index in [9.17, 15) is 8.42 Å². The first-order valence-electron chi connectivity index (χ1n) is 4.18. The second-order valence-electron chi connectivity index (χ2n) is 3.15. The molecule has 0 saturated carbocycles. The predicted octanol–water partition coefficient (Wildman–Crippen LogP) is 1.50. The van der Waals surface area contributed by atoms with Gasteiger partial charge in [0.15, 0.2) is 5.82 Å². The highest BCUT2D eigenvalue weighted by atomic mass is 35.5. The van der Waals surface area contributed by atoms with Crippen LogP contribution in [0.5, 0.6) is 0 Å². The van der Waals surface area contributed by atoms with Crippen LogP contribution in [0.3, 0.4) is 0 Å². The molecule has 0 saturated heterocycles. The summed E-state index contributed by atoms with van der Waals surface area (Å²) in [6, 6.07) is 1.59. The van der Waals surface area contributed by atoms with Crippen LogP contribution in [0.4, 0.5) is 0 Å². The molecule has 0 atom stereocenters. The summed E-state index contributed by atoms with van der Waals surface area (Å²) in [7, 11) is -2.43. The van der Waals surface area contributed by atoms with Crippen LogP contribution in [0, 0.1) is 0 Å². The van der Waals surface area contributed by atoms with Gasteiger partial charge in [0.2, 0.25) is 0 Å². The summed E-state index contributed by atoms with van der Waals surface area (Å²) in [6.45, 7) is 0. The van der Waals surface area contributed by atoms with E-state index in [1.807, 2.05) is 0 Å². The van der Waals surface area contributed by atoms with Crippen LogP contribution in [0.1, 0.15) is 0 Å². The number of sulfonamides is 1. The third-order valence-electron chi connectivity index (χ3n) is 1.99. The Labute approximate surface area is 111 Å². The van der Waals surface area contributed by atoms with E-state index in [2.05, 4.69) is 10.2 Å². The molecule has 2 rings (SSSR count). The monoisotopic (exact) mass is 312 g/mol. The fourth-order valence-corrected chi connectivity index (χ4v) is 3.37. The summed E-state index contributed by atoms with van der Waals surface area (Å²) in [4.78, 5) is 0. The third-order valence-corrected chi connectivity index (χ3v) is 4.34. The Kier molecular flexibility index (Phi) is 3.17. The molecule has 0 aliphatic heterocycles. The molecule has 0 unspecified atom stereocenters. The average molecular weight is 313 g/mol. The molecule has 2 aromatic rings. The molecule has 0 radical (unpaired) electrons. The molecule has 2 heterocycles. The molecule has 0 fully saturated rings. The molecular weight excluding hydrogens is 307 g/mol. The molecule has 17 heavy (non-hydrogen) atoms. The van der Waals surface area contributed by atoms with Crippen LogP contribution in [0.25, 0.3) is 11.4 Å². The lowest BCUT2D eigenvalue weighted by Gasteiger charge is -2.00. The van der Waals surface area contributed by atoms with Crippen LogP contribution >= 0.6 is 34.5 Å². The van der Waals surface area contributed by atoms with E-state index < -0.39 is 10.0 Å². The minimum Gasteiger partial charge on any atom is -0.300 e. The van der Waals surface area contributed by atoms with Crippen molar-refractivity contribution < 1.29 is 8.42 Å². The topological polar surface area (TPSA) is 90.9 Å². The van der Waals surface area contributed by atoms with Gasteiger partial charge in [-0.1, -0.05) is 23.2 Å². The summed E-state index contributed by atoms with van der Waals surface area (Å²) < 4.78 is 24.5. The van der Waals surface area contributed by atoms with Gasteiger partial charge in [0, 0.05) is 7.05 Å². The summed E-state index contributed by atoms with van der Waals surface area (Å²) in [5.74, 6) is 0.294. The van der Waals surface area contributed by atoms with Gasteiger partial charge in [0.25, 0.3) is 15.2 Å². The first-order chi connectivity index (χ1) is 7.80. The van der Waals surface area contributed by atoms with E-state index in [-0.39, 0.29) is 5.16 Å². The van der Waals surface area contributed by atoms with Gasteiger partial charge in [-0.25, -0.2) is 13.6 Å². The second-order valence-corrected chi connectivity index (χ2v) is 6.89. The number of aromatic nitrogens is 3. The Hall–Kier alpha value is -0.670. The molecule has 0 bridgehead atoms. The Bertz CT molecular complexity index is 676. The molecular formula is C7H6Cl2N4O2S2. The first-order valence-corrected chi connectivity index (χ1v) is 7.30. The average Bonchev–Trinajstić information content (AvgIpc) is 2.68. The second kappa shape index (κ2) is 4.21. The minimum absolute atomic E-state index is 0.294. The van der Waals surface area contributed by atoms with Crippen LogP contribution in [0.2, 0.25) is 8.67 Å². The number of halogens is 2. The zero-order chi connectivity index (χ0) is 12.8. The van der Waals surface area contributed by atoms with Gasteiger partial charge < -0.3 is 0 Å². The van der Waals surface area contributed by atoms with Gasteiger partial charge in [-0.2, -0.15) is 0 Å². The van der Waals surface area contributed by atoms with E-state index in [0.29, 0.717) is 20.1 Å². The number of rotatable bonds is 2. The lowest BCUT2D eigenvalue weighted by atomic mass is 10.3. The third kappa shape index (κ3) is 2.31. The smallest absolute Gasteiger partial charge is 0.273 e. The minimum atomic E-state index is -3.91. The van der Waals surface area contributed by atoms with Crippen LogP contribution in [0.15, 0.2) is 11.2 Å². The highest BCUT2D eigenvalue weighted by molar-refractivity contribution is 7.89. The number of hydrogen-bond donors (Lipinski definition) is 1. The van der Waals surface area contributed by atoms with Gasteiger partial charge >= 0.3 is 0 Å². The maximum Gasteiger partial charge on any atom is 0.273 e. The van der Waals surface area contributed by atoms with Gasteiger partial charge in [0.1, 0.15) is 4.34 Å². The summed E-state index contributed by atoms with van der Waals surface area (Å²) in [6.07, 6.45) is 0. The SMILES string of the molecule is Cn1c(-c2cc(Cl)sc2Cl)nnc1S(N)(=O)=O.